The molecule has 1 heterocycles. The van der Waals surface area contributed by atoms with Crippen molar-refractivity contribution in [2.75, 3.05) is 33.4 Å². The van der Waals surface area contributed by atoms with E-state index in [1.165, 1.54) is 11.6 Å². The molecule has 0 bridgehead atoms. The summed E-state index contributed by atoms with van der Waals surface area (Å²) in [6.45, 7) is 3.40. The van der Waals surface area contributed by atoms with Crippen LogP contribution in [0.3, 0.4) is 0 Å². The van der Waals surface area contributed by atoms with E-state index in [-0.39, 0.29) is 18.7 Å². The number of methoxy groups -OCH3 is 1. The van der Waals surface area contributed by atoms with Gasteiger partial charge in [0.2, 0.25) is 0 Å². The predicted molar refractivity (Wildman–Crippen MR) is 104 cm³/mol. The van der Waals surface area contributed by atoms with Crippen molar-refractivity contribution in [1.29, 1.82) is 0 Å². The quantitative estimate of drug-likeness (QED) is 0.556. The number of ether oxygens (including phenoxy) is 3. The number of hydrogen-bond donors (Lipinski definition) is 0. The van der Waals surface area contributed by atoms with Gasteiger partial charge in [-0.2, -0.15) is 0 Å². The standard InChI is InChI=1S/C22H25NO4/c1-25-21-10-6-5-9-19(21)11-12-22(24)27-17-20-16-23(13-14-26-20)15-18-7-3-2-4-8-18/h2-12,20H,13-17H2,1H3/b12-11+. The number of benzene rings is 2. The highest BCUT2D eigenvalue weighted by atomic mass is 16.6. The maximum atomic E-state index is 12.0. The Morgan fingerprint density at radius 1 is 1.19 bits per heavy atom. The molecule has 5 nitrogen and oxygen atoms in total. The van der Waals surface area contributed by atoms with Crippen molar-refractivity contribution in [2.45, 2.75) is 12.6 Å². The molecule has 142 valence electrons. The molecule has 3 rings (SSSR count). The fourth-order valence-electron chi connectivity index (χ4n) is 3.05. The van der Waals surface area contributed by atoms with Gasteiger partial charge in [-0.1, -0.05) is 48.5 Å². The predicted octanol–water partition coefficient (Wildman–Crippen LogP) is 3.15. The van der Waals surface area contributed by atoms with E-state index >= 15 is 0 Å². The van der Waals surface area contributed by atoms with Crippen LogP contribution in [0.4, 0.5) is 0 Å². The fourth-order valence-corrected chi connectivity index (χ4v) is 3.05. The zero-order valence-electron chi connectivity index (χ0n) is 15.5. The molecule has 1 atom stereocenters. The molecule has 0 aromatic heterocycles. The van der Waals surface area contributed by atoms with Crippen molar-refractivity contribution < 1.29 is 19.0 Å². The highest BCUT2D eigenvalue weighted by Crippen LogP contribution is 2.18. The summed E-state index contributed by atoms with van der Waals surface area (Å²) < 4.78 is 16.4. The van der Waals surface area contributed by atoms with Gasteiger partial charge in [0, 0.05) is 31.3 Å². The largest absolute Gasteiger partial charge is 0.496 e. The molecule has 2 aromatic rings. The van der Waals surface area contributed by atoms with E-state index in [1.54, 1.807) is 13.2 Å². The number of carbonyl (C=O) groups excluding carboxylic acids is 1. The highest BCUT2D eigenvalue weighted by Gasteiger charge is 2.21. The van der Waals surface area contributed by atoms with Crippen LogP contribution in [0.1, 0.15) is 11.1 Å². The van der Waals surface area contributed by atoms with E-state index in [1.807, 2.05) is 42.5 Å². The lowest BCUT2D eigenvalue weighted by atomic mass is 10.2. The highest BCUT2D eigenvalue weighted by molar-refractivity contribution is 5.87. The number of hydrogen-bond acceptors (Lipinski definition) is 5. The van der Waals surface area contributed by atoms with E-state index in [2.05, 4.69) is 17.0 Å². The third-order valence-corrected chi connectivity index (χ3v) is 4.42. The summed E-state index contributed by atoms with van der Waals surface area (Å²) in [6.07, 6.45) is 3.01. The Balaban J connectivity index is 1.46. The summed E-state index contributed by atoms with van der Waals surface area (Å²) >= 11 is 0. The first kappa shape index (κ1) is 19.1. The minimum atomic E-state index is -0.385. The van der Waals surface area contributed by atoms with Gasteiger partial charge >= 0.3 is 5.97 Å². The molecule has 2 aromatic carbocycles. The maximum Gasteiger partial charge on any atom is 0.330 e. The van der Waals surface area contributed by atoms with Gasteiger partial charge in [-0.3, -0.25) is 4.90 Å². The third kappa shape index (κ3) is 5.94. The summed E-state index contributed by atoms with van der Waals surface area (Å²) in [5, 5.41) is 0. The molecular weight excluding hydrogens is 342 g/mol. The number of esters is 1. The first-order valence-electron chi connectivity index (χ1n) is 9.10. The average Bonchev–Trinajstić information content (AvgIpc) is 2.72. The van der Waals surface area contributed by atoms with Crippen LogP contribution >= 0.6 is 0 Å². The van der Waals surface area contributed by atoms with Crippen molar-refractivity contribution >= 4 is 12.0 Å². The van der Waals surface area contributed by atoms with Crippen molar-refractivity contribution in [3.05, 3.63) is 71.8 Å². The Hall–Kier alpha value is -2.63. The molecule has 0 spiro atoms. The Morgan fingerprint density at radius 3 is 2.78 bits per heavy atom. The third-order valence-electron chi connectivity index (χ3n) is 4.42. The van der Waals surface area contributed by atoms with E-state index in [4.69, 9.17) is 14.2 Å². The Bertz CT molecular complexity index is 760. The second-order valence-corrected chi connectivity index (χ2v) is 6.42. The molecular formula is C22H25NO4. The SMILES string of the molecule is COc1ccccc1/C=C/C(=O)OCC1CN(Cc2ccccc2)CCO1. The molecule has 0 radical (unpaired) electrons. The average molecular weight is 367 g/mol. The van der Waals surface area contributed by atoms with Crippen molar-refractivity contribution in [3.63, 3.8) is 0 Å². The second kappa shape index (κ2) is 9.90. The van der Waals surface area contributed by atoms with Crippen LogP contribution in [-0.4, -0.2) is 50.4 Å². The monoisotopic (exact) mass is 367 g/mol. The van der Waals surface area contributed by atoms with Gasteiger partial charge < -0.3 is 14.2 Å². The maximum absolute atomic E-state index is 12.0. The minimum Gasteiger partial charge on any atom is -0.496 e. The smallest absolute Gasteiger partial charge is 0.330 e. The zero-order valence-corrected chi connectivity index (χ0v) is 15.5. The van der Waals surface area contributed by atoms with Gasteiger partial charge in [0.15, 0.2) is 0 Å². The van der Waals surface area contributed by atoms with Crippen LogP contribution in [0.25, 0.3) is 6.08 Å². The molecule has 1 aliphatic rings. The lowest BCUT2D eigenvalue weighted by Crippen LogP contribution is -2.44. The molecule has 5 heteroatoms. The summed E-state index contributed by atoms with van der Waals surface area (Å²) in [6, 6.07) is 17.9. The lowest BCUT2D eigenvalue weighted by Gasteiger charge is -2.32. The van der Waals surface area contributed by atoms with Crippen LogP contribution in [0.15, 0.2) is 60.7 Å². The van der Waals surface area contributed by atoms with E-state index < -0.39 is 0 Å². The first-order chi connectivity index (χ1) is 13.2. The van der Waals surface area contributed by atoms with Crippen LogP contribution in [0, 0.1) is 0 Å². The molecule has 1 unspecified atom stereocenters. The summed E-state index contributed by atoms with van der Waals surface area (Å²) in [7, 11) is 1.60. The molecule has 0 saturated carbocycles. The Morgan fingerprint density at radius 2 is 1.96 bits per heavy atom. The van der Waals surface area contributed by atoms with E-state index in [0.29, 0.717) is 12.4 Å². The molecule has 27 heavy (non-hydrogen) atoms. The second-order valence-electron chi connectivity index (χ2n) is 6.42. The van der Waals surface area contributed by atoms with Crippen molar-refractivity contribution in [1.82, 2.24) is 4.90 Å². The first-order valence-corrected chi connectivity index (χ1v) is 9.10. The molecule has 1 fully saturated rings. The van der Waals surface area contributed by atoms with Crippen LogP contribution in [-0.2, 0) is 20.8 Å². The van der Waals surface area contributed by atoms with Crippen molar-refractivity contribution in [3.8, 4) is 5.75 Å². The number of morpholine rings is 1. The minimum absolute atomic E-state index is 0.105. The topological polar surface area (TPSA) is 48.0 Å². The van der Waals surface area contributed by atoms with Gasteiger partial charge in [0.05, 0.1) is 13.7 Å². The summed E-state index contributed by atoms with van der Waals surface area (Å²) in [5.74, 6) is 0.332. The van der Waals surface area contributed by atoms with E-state index in [0.717, 1.165) is 25.2 Å². The van der Waals surface area contributed by atoms with Gasteiger partial charge in [0.25, 0.3) is 0 Å². The molecule has 0 aliphatic carbocycles. The molecule has 0 amide bonds. The number of rotatable bonds is 7. The number of nitrogens with zero attached hydrogens (tertiary/aromatic N) is 1. The van der Waals surface area contributed by atoms with Crippen molar-refractivity contribution in [2.24, 2.45) is 0 Å². The van der Waals surface area contributed by atoms with Gasteiger partial charge in [-0.15, -0.1) is 0 Å². The van der Waals surface area contributed by atoms with Gasteiger partial charge in [0.1, 0.15) is 18.5 Å². The normalized spacial score (nSPS) is 17.7. The summed E-state index contributed by atoms with van der Waals surface area (Å²) in [4.78, 5) is 14.3. The molecule has 1 aliphatic heterocycles. The molecule has 1 saturated heterocycles. The Kier molecular flexibility index (Phi) is 7.02. The van der Waals surface area contributed by atoms with E-state index in [9.17, 15) is 4.79 Å². The lowest BCUT2D eigenvalue weighted by molar-refractivity contribution is -0.144. The van der Waals surface area contributed by atoms with Crippen LogP contribution < -0.4 is 4.74 Å². The zero-order chi connectivity index (χ0) is 18.9. The summed E-state index contributed by atoms with van der Waals surface area (Å²) in [5.41, 5.74) is 2.11. The molecule has 0 N–H and O–H groups in total. The van der Waals surface area contributed by atoms with Gasteiger partial charge in [-0.05, 0) is 17.7 Å². The van der Waals surface area contributed by atoms with Crippen LogP contribution in [0.2, 0.25) is 0 Å². The number of carbonyl (C=O) groups is 1. The van der Waals surface area contributed by atoms with Crippen LogP contribution in [0.5, 0.6) is 5.75 Å². The van der Waals surface area contributed by atoms with Gasteiger partial charge in [-0.25, -0.2) is 4.79 Å². The Labute approximate surface area is 160 Å². The number of para-hydroxylation sites is 1. The fraction of sp³-hybridized carbons (Fsp3) is 0.318.